The van der Waals surface area contributed by atoms with Crippen LogP contribution in [0.5, 0.6) is 0 Å². The van der Waals surface area contributed by atoms with Crippen molar-refractivity contribution in [3.05, 3.63) is 0 Å². The van der Waals surface area contributed by atoms with Crippen LogP contribution in [0.15, 0.2) is 0 Å². The number of hydrogen-bond acceptors (Lipinski definition) is 1. The van der Waals surface area contributed by atoms with E-state index in [0.29, 0.717) is 0 Å². The predicted octanol–water partition coefficient (Wildman–Crippen LogP) is 2.56. The summed E-state index contributed by atoms with van der Waals surface area (Å²) < 4.78 is 0. The molecule has 0 aromatic carbocycles. The minimum absolute atomic E-state index is 0.784. The first-order valence-corrected chi connectivity index (χ1v) is 5.08. The Bertz CT molecular complexity index is 97.0. The van der Waals surface area contributed by atoms with Crippen molar-refractivity contribution in [2.75, 3.05) is 6.54 Å². The molecule has 0 bridgehead atoms. The van der Waals surface area contributed by atoms with E-state index in [-0.39, 0.29) is 0 Å². The van der Waals surface area contributed by atoms with Gasteiger partial charge >= 0.3 is 0 Å². The molecule has 0 saturated heterocycles. The molecular weight excluding hydrogens is 134 g/mol. The van der Waals surface area contributed by atoms with Crippen LogP contribution in [-0.4, -0.2) is 12.6 Å². The molecule has 66 valence electrons. The quantitative estimate of drug-likeness (QED) is 0.581. The molecule has 0 radical (unpaired) electrons. The van der Waals surface area contributed by atoms with E-state index in [1.54, 1.807) is 0 Å². The van der Waals surface area contributed by atoms with Gasteiger partial charge in [-0.3, -0.25) is 0 Å². The molecule has 1 atom stereocenters. The first kappa shape index (κ1) is 9.05. The van der Waals surface area contributed by atoms with Crippen LogP contribution in [-0.2, 0) is 0 Å². The molecule has 0 amide bonds. The van der Waals surface area contributed by atoms with Gasteiger partial charge in [-0.25, -0.2) is 0 Å². The maximum absolute atomic E-state index is 3.58. The van der Waals surface area contributed by atoms with E-state index in [1.807, 2.05) is 0 Å². The molecule has 1 nitrogen and oxygen atoms in total. The van der Waals surface area contributed by atoms with Crippen LogP contribution in [0.4, 0.5) is 0 Å². The number of hydrogen-bond donors (Lipinski definition) is 1. The summed E-state index contributed by atoms with van der Waals surface area (Å²) in [5, 5.41) is 3.58. The fraction of sp³-hybridized carbons (Fsp3) is 1.00. The van der Waals surface area contributed by atoms with E-state index in [2.05, 4.69) is 19.2 Å². The average Bonchev–Trinajstić information content (AvgIpc) is 2.79. The summed E-state index contributed by atoms with van der Waals surface area (Å²) in [5.74, 6) is 1.01. The summed E-state index contributed by atoms with van der Waals surface area (Å²) in [6, 6.07) is 0.784. The standard InChI is InChI=1S/C10H21N/c1-3-4-5-8-11-9(2)10-6-7-10/h9-11H,3-8H2,1-2H3. The molecule has 1 saturated carbocycles. The van der Waals surface area contributed by atoms with Crippen LogP contribution in [0.1, 0.15) is 46.0 Å². The Balaban J connectivity index is 1.85. The van der Waals surface area contributed by atoms with Crippen molar-refractivity contribution in [1.82, 2.24) is 5.32 Å². The van der Waals surface area contributed by atoms with Gasteiger partial charge in [0.15, 0.2) is 0 Å². The molecule has 1 fully saturated rings. The minimum Gasteiger partial charge on any atom is -0.314 e. The summed E-state index contributed by atoms with van der Waals surface area (Å²) in [6.07, 6.45) is 6.99. The van der Waals surface area contributed by atoms with Crippen LogP contribution >= 0.6 is 0 Å². The summed E-state index contributed by atoms with van der Waals surface area (Å²) in [5.41, 5.74) is 0. The zero-order valence-corrected chi connectivity index (χ0v) is 7.90. The number of nitrogens with one attached hydrogen (secondary N) is 1. The molecule has 1 aliphatic carbocycles. The van der Waals surface area contributed by atoms with Crippen molar-refractivity contribution in [1.29, 1.82) is 0 Å². The molecule has 1 rings (SSSR count). The largest absolute Gasteiger partial charge is 0.314 e. The molecule has 0 aliphatic heterocycles. The van der Waals surface area contributed by atoms with E-state index >= 15 is 0 Å². The maximum atomic E-state index is 3.58. The topological polar surface area (TPSA) is 12.0 Å². The minimum atomic E-state index is 0.784. The van der Waals surface area contributed by atoms with Gasteiger partial charge < -0.3 is 5.32 Å². The molecule has 1 unspecified atom stereocenters. The lowest BCUT2D eigenvalue weighted by molar-refractivity contribution is 0.483. The first-order chi connectivity index (χ1) is 5.34. The fourth-order valence-electron chi connectivity index (χ4n) is 1.47. The SMILES string of the molecule is CCCCCNC(C)C1CC1. The highest BCUT2D eigenvalue weighted by atomic mass is 14.9. The molecular formula is C10H21N. The number of unbranched alkanes of at least 4 members (excludes halogenated alkanes) is 2. The van der Waals surface area contributed by atoms with Crippen LogP contribution in [0, 0.1) is 5.92 Å². The molecule has 1 heteroatoms. The Morgan fingerprint density at radius 1 is 1.36 bits per heavy atom. The monoisotopic (exact) mass is 155 g/mol. The Hall–Kier alpha value is -0.0400. The summed E-state index contributed by atoms with van der Waals surface area (Å²) in [4.78, 5) is 0. The normalized spacial score (nSPS) is 20.2. The van der Waals surface area contributed by atoms with Gasteiger partial charge in [-0.1, -0.05) is 19.8 Å². The van der Waals surface area contributed by atoms with Crippen LogP contribution in [0.3, 0.4) is 0 Å². The maximum Gasteiger partial charge on any atom is 0.00669 e. The number of rotatable bonds is 6. The third-order valence-electron chi connectivity index (χ3n) is 2.58. The van der Waals surface area contributed by atoms with E-state index < -0.39 is 0 Å². The Morgan fingerprint density at radius 3 is 2.64 bits per heavy atom. The highest BCUT2D eigenvalue weighted by Crippen LogP contribution is 2.32. The molecule has 1 aliphatic rings. The van der Waals surface area contributed by atoms with Crippen molar-refractivity contribution in [3.8, 4) is 0 Å². The Morgan fingerprint density at radius 2 is 2.09 bits per heavy atom. The summed E-state index contributed by atoms with van der Waals surface area (Å²) >= 11 is 0. The van der Waals surface area contributed by atoms with E-state index in [9.17, 15) is 0 Å². The molecule has 0 spiro atoms. The van der Waals surface area contributed by atoms with E-state index in [1.165, 1.54) is 38.6 Å². The molecule has 0 aromatic rings. The lowest BCUT2D eigenvalue weighted by atomic mass is 10.2. The van der Waals surface area contributed by atoms with Crippen molar-refractivity contribution < 1.29 is 0 Å². The van der Waals surface area contributed by atoms with Gasteiger partial charge in [-0.2, -0.15) is 0 Å². The van der Waals surface area contributed by atoms with Crippen molar-refractivity contribution >= 4 is 0 Å². The Labute approximate surface area is 70.6 Å². The third kappa shape index (κ3) is 3.76. The first-order valence-electron chi connectivity index (χ1n) is 5.08. The lowest BCUT2D eigenvalue weighted by Gasteiger charge is -2.11. The van der Waals surface area contributed by atoms with Gasteiger partial charge in [0, 0.05) is 6.04 Å². The molecule has 11 heavy (non-hydrogen) atoms. The van der Waals surface area contributed by atoms with Crippen molar-refractivity contribution in [3.63, 3.8) is 0 Å². The van der Waals surface area contributed by atoms with Gasteiger partial charge in [0.2, 0.25) is 0 Å². The second-order valence-corrected chi connectivity index (χ2v) is 3.79. The highest BCUT2D eigenvalue weighted by molar-refractivity contribution is 4.82. The molecule has 0 heterocycles. The summed E-state index contributed by atoms with van der Waals surface area (Å²) in [6.45, 7) is 5.80. The smallest absolute Gasteiger partial charge is 0.00669 e. The van der Waals surface area contributed by atoms with Gasteiger partial charge in [0.25, 0.3) is 0 Å². The van der Waals surface area contributed by atoms with Crippen molar-refractivity contribution in [2.45, 2.75) is 52.0 Å². The van der Waals surface area contributed by atoms with Gasteiger partial charge in [0.1, 0.15) is 0 Å². The van der Waals surface area contributed by atoms with Gasteiger partial charge in [-0.05, 0) is 38.6 Å². The van der Waals surface area contributed by atoms with Gasteiger partial charge in [0.05, 0.1) is 0 Å². The average molecular weight is 155 g/mol. The van der Waals surface area contributed by atoms with Crippen LogP contribution < -0.4 is 5.32 Å². The van der Waals surface area contributed by atoms with Crippen LogP contribution in [0.2, 0.25) is 0 Å². The van der Waals surface area contributed by atoms with Gasteiger partial charge in [-0.15, -0.1) is 0 Å². The van der Waals surface area contributed by atoms with E-state index in [4.69, 9.17) is 0 Å². The van der Waals surface area contributed by atoms with Crippen LogP contribution in [0.25, 0.3) is 0 Å². The highest BCUT2D eigenvalue weighted by Gasteiger charge is 2.26. The Kier molecular flexibility index (Phi) is 3.92. The zero-order chi connectivity index (χ0) is 8.10. The summed E-state index contributed by atoms with van der Waals surface area (Å²) in [7, 11) is 0. The zero-order valence-electron chi connectivity index (χ0n) is 7.90. The third-order valence-corrected chi connectivity index (χ3v) is 2.58. The lowest BCUT2D eigenvalue weighted by Crippen LogP contribution is -2.28. The van der Waals surface area contributed by atoms with Crippen molar-refractivity contribution in [2.24, 2.45) is 5.92 Å². The fourth-order valence-corrected chi connectivity index (χ4v) is 1.47. The predicted molar refractivity (Wildman–Crippen MR) is 49.7 cm³/mol. The van der Waals surface area contributed by atoms with E-state index in [0.717, 1.165) is 12.0 Å². The molecule has 0 aromatic heterocycles. The second-order valence-electron chi connectivity index (χ2n) is 3.79. The second kappa shape index (κ2) is 4.76. The molecule has 1 N–H and O–H groups in total.